The van der Waals surface area contributed by atoms with E-state index in [1.54, 1.807) is 0 Å². The third-order valence-corrected chi connectivity index (χ3v) is 19.7. The highest BCUT2D eigenvalue weighted by molar-refractivity contribution is 5.79. The third-order valence-electron chi connectivity index (χ3n) is 19.7. The summed E-state index contributed by atoms with van der Waals surface area (Å²) >= 11 is 0. The summed E-state index contributed by atoms with van der Waals surface area (Å²) in [5.41, 5.74) is -1.19. The average Bonchev–Trinajstić information content (AvgIpc) is 0.869. The van der Waals surface area contributed by atoms with Crippen molar-refractivity contribution in [2.75, 3.05) is 92.4 Å². The molecule has 0 aromatic heterocycles. The van der Waals surface area contributed by atoms with Crippen LogP contribution in [0.15, 0.2) is 0 Å². The van der Waals surface area contributed by atoms with Crippen LogP contribution in [0.2, 0.25) is 0 Å². The van der Waals surface area contributed by atoms with Gasteiger partial charge in [0.25, 0.3) is 0 Å². The van der Waals surface area contributed by atoms with Crippen LogP contribution in [-0.4, -0.2) is 188 Å². The molecule has 3 fully saturated rings. The highest BCUT2D eigenvalue weighted by atomic mass is 16.7. The zero-order valence-corrected chi connectivity index (χ0v) is 60.0. The van der Waals surface area contributed by atoms with E-state index in [1.807, 2.05) is 0 Å². The lowest BCUT2D eigenvalue weighted by Gasteiger charge is -2.43. The summed E-state index contributed by atoms with van der Waals surface area (Å²) in [6, 6.07) is 0. The van der Waals surface area contributed by atoms with Gasteiger partial charge in [-0.05, 0) is 86.9 Å². The van der Waals surface area contributed by atoms with Crippen molar-refractivity contribution in [3.8, 4) is 0 Å². The molecular formula is C71H125N3O21. The number of amides is 3. The van der Waals surface area contributed by atoms with E-state index in [2.05, 4.69) is 78.3 Å². The summed E-state index contributed by atoms with van der Waals surface area (Å²) in [5.74, 6) is -0.534. The van der Waals surface area contributed by atoms with Gasteiger partial charge in [-0.2, -0.15) is 0 Å². The van der Waals surface area contributed by atoms with E-state index in [9.17, 15) is 43.5 Å². The Hall–Kier alpha value is -4.40. The maximum absolute atomic E-state index is 13.5. The second-order valence-electron chi connectivity index (χ2n) is 27.3. The number of esters is 3. The van der Waals surface area contributed by atoms with Crippen LogP contribution in [-0.2, 0) is 95.2 Å². The molecule has 0 spiro atoms. The number of rotatable bonds is 52. The summed E-state index contributed by atoms with van der Waals surface area (Å²) in [5, 5.41) is 18.3. The molecule has 3 aliphatic rings. The van der Waals surface area contributed by atoms with Crippen molar-refractivity contribution in [3.05, 3.63) is 0 Å². The third kappa shape index (κ3) is 35.3. The maximum Gasteiger partial charge on any atom is 0.303 e. The number of carbonyl (C=O) groups is 8. The van der Waals surface area contributed by atoms with Crippen LogP contribution in [0.5, 0.6) is 0 Å². The maximum atomic E-state index is 13.5. The van der Waals surface area contributed by atoms with Gasteiger partial charge in [-0.25, -0.2) is 0 Å². The van der Waals surface area contributed by atoms with Gasteiger partial charge < -0.3 is 77.9 Å². The zero-order valence-electron chi connectivity index (χ0n) is 60.0. The Kier molecular flexibility index (Phi) is 43.2. The highest BCUT2D eigenvalue weighted by Gasteiger charge is 2.43. The number of carboxylic acid groups (broad SMARTS) is 1. The van der Waals surface area contributed by atoms with Crippen LogP contribution in [0.25, 0.3) is 0 Å². The molecule has 16 atom stereocenters. The molecule has 3 amide bonds. The first-order chi connectivity index (χ1) is 45.3. The number of carboxylic acids is 1. The number of aliphatic carboxylic acids is 1. The molecule has 0 bridgehead atoms. The van der Waals surface area contributed by atoms with Crippen LogP contribution in [0, 0.1) is 53.3 Å². The Labute approximate surface area is 567 Å². The summed E-state index contributed by atoms with van der Waals surface area (Å²) in [6.07, 6.45) is 10.1. The van der Waals surface area contributed by atoms with Gasteiger partial charge in [0.1, 0.15) is 25.6 Å². The summed E-state index contributed by atoms with van der Waals surface area (Å²) < 4.78 is 71.1. The fourth-order valence-electron chi connectivity index (χ4n) is 12.2. The highest BCUT2D eigenvalue weighted by Crippen LogP contribution is 2.38. The van der Waals surface area contributed by atoms with Crippen molar-refractivity contribution in [2.24, 2.45) is 53.3 Å². The number of hydrogen-bond donors (Lipinski definition) is 4. The van der Waals surface area contributed by atoms with E-state index in [4.69, 9.17) is 56.8 Å². The summed E-state index contributed by atoms with van der Waals surface area (Å²) in [4.78, 5) is 98.1. The van der Waals surface area contributed by atoms with Crippen molar-refractivity contribution in [1.29, 1.82) is 0 Å². The number of hydrogen-bond acceptors (Lipinski definition) is 20. The number of carbonyl (C=O) groups excluding carboxylic acids is 7. The van der Waals surface area contributed by atoms with Crippen molar-refractivity contribution in [2.45, 2.75) is 261 Å². The molecule has 0 aromatic carbocycles. The number of ketones is 1. The number of ether oxygens (including phenoxy) is 12. The predicted octanol–water partition coefficient (Wildman–Crippen LogP) is 9.61. The zero-order chi connectivity index (χ0) is 70.1. The molecule has 3 saturated heterocycles. The minimum atomic E-state index is -1.19. The Morgan fingerprint density at radius 3 is 1.14 bits per heavy atom. The van der Waals surface area contributed by atoms with Crippen molar-refractivity contribution in [3.63, 3.8) is 0 Å². The monoisotopic (exact) mass is 1360 g/mol. The molecule has 3 aliphatic heterocycles. The molecule has 0 aliphatic carbocycles. The minimum Gasteiger partial charge on any atom is -0.481 e. The Bertz CT molecular complexity index is 2120. The van der Waals surface area contributed by atoms with Gasteiger partial charge in [0.15, 0.2) is 18.9 Å². The van der Waals surface area contributed by atoms with E-state index >= 15 is 0 Å². The van der Waals surface area contributed by atoms with E-state index in [0.717, 1.165) is 83.5 Å². The molecule has 550 valence electrons. The van der Waals surface area contributed by atoms with Gasteiger partial charge >= 0.3 is 23.9 Å². The van der Waals surface area contributed by atoms with E-state index in [0.29, 0.717) is 57.1 Å². The summed E-state index contributed by atoms with van der Waals surface area (Å²) in [6.45, 7) is 26.8. The van der Waals surface area contributed by atoms with Gasteiger partial charge in [-0.1, -0.05) is 107 Å². The topological polar surface area (TPSA) is 304 Å². The van der Waals surface area contributed by atoms with Gasteiger partial charge in [0.05, 0.1) is 56.9 Å². The SMILES string of the molecule is CC(=O)OCC1O[C@@H](OCCCCCCCC(=O)CCOCC(CCOCCC(=O)NCCCCCCO[C@@H]2OC(COC(C)=O)[C@H](C)[C@H](C)C2C)(COCCC(=O)NCCCCCCO[C@@H]2OC(COC(C)=O)[C@H](C)[C@H](C)C2C)NC(=O)CCCC(=O)O)C(C)[C@@H](C)[C@H]1C. The molecular weight excluding hydrogens is 1230 g/mol. The Balaban J connectivity index is 1.48. The number of nitrogens with one attached hydrogen (secondary N) is 3. The minimum absolute atomic E-state index is 0.0289. The van der Waals surface area contributed by atoms with Crippen LogP contribution in [0.4, 0.5) is 0 Å². The lowest BCUT2D eigenvalue weighted by molar-refractivity contribution is -0.255. The fraction of sp³-hybridized carbons (Fsp3) is 0.887. The van der Waals surface area contributed by atoms with Crippen LogP contribution in [0.3, 0.4) is 0 Å². The first-order valence-corrected chi connectivity index (χ1v) is 35.9. The molecule has 24 nitrogen and oxygen atoms in total. The van der Waals surface area contributed by atoms with Crippen molar-refractivity contribution < 1.29 is 100 Å². The summed E-state index contributed by atoms with van der Waals surface area (Å²) in [7, 11) is 0. The molecule has 7 unspecified atom stereocenters. The first kappa shape index (κ1) is 84.8. The van der Waals surface area contributed by atoms with Gasteiger partial charge in [-0.3, -0.25) is 38.4 Å². The van der Waals surface area contributed by atoms with Crippen LogP contribution < -0.4 is 16.0 Å². The standard InChI is InChI=1S/C71H125N3O21/c1-48-51(4)61(43-90-57(10)75)93-68(54(48)7)87-36-23-17-13-14-20-27-60(78)30-39-85-46-71(74-66(81)28-26-29-67(82)83,47-86-41-32-65(80)73-35-22-16-19-25-38-89-70-56(9)50(3)53(6)63(95-70)45-92-59(12)77)33-42-84-40-31-64(79)72-34-21-15-18-24-37-88-69-55(8)49(2)52(5)62(94-69)44-91-58(11)76/h48-56,61-63,68-70H,13-47H2,1-12H3,(H,72,79)(H,73,80)(H,74,81)(H,82,83)/t48-,49-,50-,51+,52+,53+,54?,55?,56?,61?,62?,63?,68+,69+,70+,71?/m0/s1. The fourth-order valence-corrected chi connectivity index (χ4v) is 12.2. The number of unbranched alkanes of at least 4 members (excludes halogenated alkanes) is 10. The Morgan fingerprint density at radius 1 is 0.368 bits per heavy atom. The van der Waals surface area contributed by atoms with Crippen molar-refractivity contribution >= 4 is 47.4 Å². The lowest BCUT2D eigenvalue weighted by Crippen LogP contribution is -2.56. The van der Waals surface area contributed by atoms with E-state index in [-0.39, 0.29) is 213 Å². The molecule has 95 heavy (non-hydrogen) atoms. The van der Waals surface area contributed by atoms with Gasteiger partial charge in [0.2, 0.25) is 17.7 Å². The molecule has 24 heteroatoms. The molecule has 0 aromatic rings. The van der Waals surface area contributed by atoms with Crippen molar-refractivity contribution in [1.82, 2.24) is 16.0 Å². The normalized spacial score (nSPS) is 26.6. The largest absolute Gasteiger partial charge is 0.481 e. The van der Waals surface area contributed by atoms with Gasteiger partial charge in [0, 0.05) is 117 Å². The molecule has 0 saturated carbocycles. The quantitative estimate of drug-likeness (QED) is 0.0250. The predicted molar refractivity (Wildman–Crippen MR) is 355 cm³/mol. The first-order valence-electron chi connectivity index (χ1n) is 35.9. The smallest absolute Gasteiger partial charge is 0.303 e. The number of Topliss-reactive ketones (excluding diaryl/α,β-unsaturated/α-hetero) is 1. The van der Waals surface area contributed by atoms with Gasteiger partial charge in [-0.15, -0.1) is 0 Å². The lowest BCUT2D eigenvalue weighted by atomic mass is 9.79. The molecule has 0 radical (unpaired) electrons. The van der Waals surface area contributed by atoms with Crippen LogP contribution >= 0.6 is 0 Å². The second-order valence-corrected chi connectivity index (χ2v) is 27.3. The molecule has 3 rings (SSSR count). The van der Waals surface area contributed by atoms with Crippen LogP contribution in [0.1, 0.15) is 218 Å². The van der Waals surface area contributed by atoms with E-state index < -0.39 is 17.4 Å². The second kappa shape index (κ2) is 48.4. The van der Waals surface area contributed by atoms with E-state index in [1.165, 1.54) is 20.8 Å². The molecule has 3 heterocycles. The Morgan fingerprint density at radius 2 is 0.737 bits per heavy atom. The average molecular weight is 1360 g/mol. The molecule has 4 N–H and O–H groups in total.